The van der Waals surface area contributed by atoms with E-state index < -0.39 is 0 Å². The van der Waals surface area contributed by atoms with Crippen LogP contribution in [0.4, 0.5) is 0 Å². The van der Waals surface area contributed by atoms with Crippen molar-refractivity contribution in [2.45, 2.75) is 45.6 Å². The second-order valence-electron chi connectivity index (χ2n) is 6.39. The van der Waals surface area contributed by atoms with Gasteiger partial charge >= 0.3 is 0 Å². The number of hydrogen-bond acceptors (Lipinski definition) is 3. The Kier molecular flexibility index (Phi) is 5.07. The third-order valence-corrected chi connectivity index (χ3v) is 3.59. The van der Waals surface area contributed by atoms with Gasteiger partial charge in [-0.2, -0.15) is 0 Å². The zero-order chi connectivity index (χ0) is 15.3. The standard InChI is InChI=1S/C18H25N3/c1-5-10-21-17(16-13-19-11-12-20-16)14-6-8-15(9-7-14)18(2,3)4/h6-9,11-13,17,21H,5,10H2,1-4H3. The average Bonchev–Trinajstić information content (AvgIpc) is 2.48. The van der Waals surface area contributed by atoms with Crippen LogP contribution in [-0.2, 0) is 5.41 Å². The van der Waals surface area contributed by atoms with E-state index in [-0.39, 0.29) is 11.5 Å². The summed E-state index contributed by atoms with van der Waals surface area (Å²) >= 11 is 0. The Balaban J connectivity index is 2.29. The number of aromatic nitrogens is 2. The van der Waals surface area contributed by atoms with Crippen molar-refractivity contribution in [1.82, 2.24) is 15.3 Å². The zero-order valence-electron chi connectivity index (χ0n) is 13.4. The summed E-state index contributed by atoms with van der Waals surface area (Å²) in [5.74, 6) is 0. The molecule has 3 nitrogen and oxygen atoms in total. The molecular weight excluding hydrogens is 258 g/mol. The lowest BCUT2D eigenvalue weighted by atomic mass is 9.86. The van der Waals surface area contributed by atoms with Gasteiger partial charge < -0.3 is 5.32 Å². The predicted molar refractivity (Wildman–Crippen MR) is 87.3 cm³/mol. The lowest BCUT2D eigenvalue weighted by molar-refractivity contribution is 0.577. The second-order valence-corrected chi connectivity index (χ2v) is 6.39. The molecule has 0 fully saturated rings. The summed E-state index contributed by atoms with van der Waals surface area (Å²) in [4.78, 5) is 8.65. The smallest absolute Gasteiger partial charge is 0.0801 e. The van der Waals surface area contributed by atoms with Crippen molar-refractivity contribution in [3.8, 4) is 0 Å². The molecule has 0 amide bonds. The van der Waals surface area contributed by atoms with Gasteiger partial charge in [-0.15, -0.1) is 0 Å². The minimum Gasteiger partial charge on any atom is -0.305 e. The van der Waals surface area contributed by atoms with Gasteiger partial charge in [0.2, 0.25) is 0 Å². The molecule has 0 aliphatic heterocycles. The molecule has 1 aromatic heterocycles. The second kappa shape index (κ2) is 6.81. The van der Waals surface area contributed by atoms with Crippen LogP contribution in [0.15, 0.2) is 42.9 Å². The zero-order valence-corrected chi connectivity index (χ0v) is 13.4. The summed E-state index contributed by atoms with van der Waals surface area (Å²) < 4.78 is 0. The molecule has 112 valence electrons. The van der Waals surface area contributed by atoms with E-state index in [1.54, 1.807) is 12.4 Å². The summed E-state index contributed by atoms with van der Waals surface area (Å²) in [6.07, 6.45) is 6.39. The highest BCUT2D eigenvalue weighted by Gasteiger charge is 2.17. The van der Waals surface area contributed by atoms with Crippen LogP contribution < -0.4 is 5.32 Å². The van der Waals surface area contributed by atoms with Gasteiger partial charge in [0.1, 0.15) is 0 Å². The fraction of sp³-hybridized carbons (Fsp3) is 0.444. The molecule has 2 aromatic rings. The fourth-order valence-corrected chi connectivity index (χ4v) is 2.32. The third kappa shape index (κ3) is 4.11. The Morgan fingerprint density at radius 1 is 1.10 bits per heavy atom. The monoisotopic (exact) mass is 283 g/mol. The Morgan fingerprint density at radius 3 is 2.33 bits per heavy atom. The summed E-state index contributed by atoms with van der Waals surface area (Å²) in [5, 5.41) is 3.56. The van der Waals surface area contributed by atoms with Crippen LogP contribution in [0.1, 0.15) is 57.0 Å². The minimum atomic E-state index is 0.104. The highest BCUT2D eigenvalue weighted by atomic mass is 14.9. The summed E-state index contributed by atoms with van der Waals surface area (Å²) in [5.41, 5.74) is 3.73. The molecule has 21 heavy (non-hydrogen) atoms. The van der Waals surface area contributed by atoms with Crippen LogP contribution in [0.3, 0.4) is 0 Å². The van der Waals surface area contributed by atoms with Gasteiger partial charge in [-0.3, -0.25) is 9.97 Å². The molecule has 0 bridgehead atoms. The van der Waals surface area contributed by atoms with Gasteiger partial charge in [-0.25, -0.2) is 0 Å². The summed E-state index contributed by atoms with van der Waals surface area (Å²) in [7, 11) is 0. The molecule has 1 atom stereocenters. The maximum Gasteiger partial charge on any atom is 0.0801 e. The topological polar surface area (TPSA) is 37.8 Å². The van der Waals surface area contributed by atoms with Crippen molar-refractivity contribution in [1.29, 1.82) is 0 Å². The van der Waals surface area contributed by atoms with E-state index >= 15 is 0 Å². The SMILES string of the molecule is CCCNC(c1ccc(C(C)(C)C)cc1)c1cnccn1. The van der Waals surface area contributed by atoms with Crippen molar-refractivity contribution in [2.75, 3.05) is 6.54 Å². The molecule has 0 radical (unpaired) electrons. The predicted octanol–water partition coefficient (Wildman–Crippen LogP) is 3.86. The molecule has 1 aromatic carbocycles. The molecular formula is C18H25N3. The molecule has 3 heteroatoms. The van der Waals surface area contributed by atoms with Crippen molar-refractivity contribution >= 4 is 0 Å². The normalized spacial score (nSPS) is 13.1. The summed E-state index contributed by atoms with van der Waals surface area (Å²) in [6.45, 7) is 9.83. The molecule has 0 saturated heterocycles. The largest absolute Gasteiger partial charge is 0.305 e. The van der Waals surface area contributed by atoms with Gasteiger partial charge in [0.05, 0.1) is 17.9 Å². The average molecular weight is 283 g/mol. The van der Waals surface area contributed by atoms with E-state index in [9.17, 15) is 0 Å². The number of rotatable bonds is 5. The van der Waals surface area contributed by atoms with Crippen molar-refractivity contribution in [3.05, 3.63) is 59.7 Å². The van der Waals surface area contributed by atoms with Gasteiger partial charge in [0, 0.05) is 12.4 Å². The van der Waals surface area contributed by atoms with Crippen molar-refractivity contribution in [2.24, 2.45) is 0 Å². The molecule has 1 heterocycles. The molecule has 0 saturated carbocycles. The van der Waals surface area contributed by atoms with Crippen molar-refractivity contribution < 1.29 is 0 Å². The van der Waals surface area contributed by atoms with Crippen LogP contribution in [0.2, 0.25) is 0 Å². The van der Waals surface area contributed by atoms with E-state index in [0.29, 0.717) is 0 Å². The van der Waals surface area contributed by atoms with E-state index in [1.165, 1.54) is 11.1 Å². The first-order chi connectivity index (χ1) is 10.0. The molecule has 0 aliphatic carbocycles. The Bertz CT molecular complexity index is 541. The highest BCUT2D eigenvalue weighted by Crippen LogP contribution is 2.25. The molecule has 0 spiro atoms. The number of benzene rings is 1. The van der Waals surface area contributed by atoms with E-state index in [1.807, 2.05) is 6.20 Å². The first-order valence-electron chi connectivity index (χ1n) is 7.62. The molecule has 2 rings (SSSR count). The van der Waals surface area contributed by atoms with Crippen LogP contribution in [0.5, 0.6) is 0 Å². The van der Waals surface area contributed by atoms with Crippen LogP contribution in [-0.4, -0.2) is 16.5 Å². The Labute approximate surface area is 127 Å². The third-order valence-electron chi connectivity index (χ3n) is 3.59. The van der Waals surface area contributed by atoms with Gasteiger partial charge in [-0.05, 0) is 29.5 Å². The van der Waals surface area contributed by atoms with Gasteiger partial charge in [-0.1, -0.05) is 52.0 Å². The van der Waals surface area contributed by atoms with Gasteiger partial charge in [0.15, 0.2) is 0 Å². The maximum absolute atomic E-state index is 4.45. The highest BCUT2D eigenvalue weighted by molar-refractivity contribution is 5.32. The first kappa shape index (κ1) is 15.6. The Morgan fingerprint density at radius 2 is 1.81 bits per heavy atom. The quantitative estimate of drug-likeness (QED) is 0.905. The van der Waals surface area contributed by atoms with E-state index in [0.717, 1.165) is 18.7 Å². The first-order valence-corrected chi connectivity index (χ1v) is 7.62. The van der Waals surface area contributed by atoms with Crippen molar-refractivity contribution in [3.63, 3.8) is 0 Å². The Hall–Kier alpha value is -1.74. The van der Waals surface area contributed by atoms with Crippen LogP contribution in [0, 0.1) is 0 Å². The van der Waals surface area contributed by atoms with Crippen LogP contribution >= 0.6 is 0 Å². The van der Waals surface area contributed by atoms with Gasteiger partial charge in [0.25, 0.3) is 0 Å². The molecule has 1 N–H and O–H groups in total. The molecule has 1 unspecified atom stereocenters. The lowest BCUT2D eigenvalue weighted by Crippen LogP contribution is -2.24. The number of nitrogens with zero attached hydrogens (tertiary/aromatic N) is 2. The van der Waals surface area contributed by atoms with E-state index in [4.69, 9.17) is 0 Å². The number of nitrogens with one attached hydrogen (secondary N) is 1. The minimum absolute atomic E-state index is 0.104. The number of hydrogen-bond donors (Lipinski definition) is 1. The van der Waals surface area contributed by atoms with Crippen LogP contribution in [0.25, 0.3) is 0 Å². The lowest BCUT2D eigenvalue weighted by Gasteiger charge is -2.22. The summed E-state index contributed by atoms with van der Waals surface area (Å²) in [6, 6.07) is 8.93. The fourth-order valence-electron chi connectivity index (χ4n) is 2.32. The maximum atomic E-state index is 4.45. The molecule has 0 aliphatic rings. The van der Waals surface area contributed by atoms with E-state index in [2.05, 4.69) is 67.2 Å².